The summed E-state index contributed by atoms with van der Waals surface area (Å²) in [6.07, 6.45) is 2.81. The number of hydrogen-bond donors (Lipinski definition) is 1. The van der Waals surface area contributed by atoms with Crippen LogP contribution in [0.15, 0.2) is 6.20 Å². The van der Waals surface area contributed by atoms with Gasteiger partial charge < -0.3 is 5.32 Å². The standard InChI is InChI=1S/C7H13N3S/c1-6(2)8-4-3-7-5-9-11-10-7/h5-6,8H,3-4H2,1-2H3. The first-order valence-corrected chi connectivity index (χ1v) is 4.52. The Bertz CT molecular complexity index is 184. The molecule has 1 heterocycles. The minimum absolute atomic E-state index is 0.557. The predicted octanol–water partition coefficient (Wildman–Crippen LogP) is 1.08. The molecule has 62 valence electrons. The first kappa shape index (κ1) is 8.62. The Morgan fingerprint density at radius 3 is 3.00 bits per heavy atom. The summed E-state index contributed by atoms with van der Waals surface area (Å²) in [5.74, 6) is 0. The Morgan fingerprint density at radius 1 is 1.64 bits per heavy atom. The molecule has 1 aromatic rings. The lowest BCUT2D eigenvalue weighted by Gasteiger charge is -2.05. The highest BCUT2D eigenvalue weighted by Crippen LogP contribution is 1.94. The van der Waals surface area contributed by atoms with Crippen molar-refractivity contribution < 1.29 is 0 Å². The van der Waals surface area contributed by atoms with Gasteiger partial charge >= 0.3 is 0 Å². The average Bonchev–Trinajstić information content (AvgIpc) is 2.39. The molecule has 0 unspecified atom stereocenters. The number of nitrogens with one attached hydrogen (secondary N) is 1. The molecule has 0 amide bonds. The number of nitrogens with zero attached hydrogens (tertiary/aromatic N) is 2. The molecule has 0 spiro atoms. The summed E-state index contributed by atoms with van der Waals surface area (Å²) in [7, 11) is 0. The van der Waals surface area contributed by atoms with Gasteiger partial charge in [-0.05, 0) is 0 Å². The summed E-state index contributed by atoms with van der Waals surface area (Å²) >= 11 is 1.27. The van der Waals surface area contributed by atoms with Crippen molar-refractivity contribution in [1.82, 2.24) is 14.1 Å². The van der Waals surface area contributed by atoms with Gasteiger partial charge in [-0.25, -0.2) is 0 Å². The quantitative estimate of drug-likeness (QED) is 0.736. The van der Waals surface area contributed by atoms with Crippen molar-refractivity contribution in [2.24, 2.45) is 0 Å². The summed E-state index contributed by atoms with van der Waals surface area (Å²) < 4.78 is 8.03. The molecule has 0 radical (unpaired) electrons. The second-order valence-electron chi connectivity index (χ2n) is 2.76. The van der Waals surface area contributed by atoms with Crippen LogP contribution in [0.3, 0.4) is 0 Å². The van der Waals surface area contributed by atoms with Crippen molar-refractivity contribution in [2.75, 3.05) is 6.54 Å². The van der Waals surface area contributed by atoms with Gasteiger partial charge in [0, 0.05) is 19.0 Å². The van der Waals surface area contributed by atoms with Gasteiger partial charge in [0.1, 0.15) is 0 Å². The van der Waals surface area contributed by atoms with Gasteiger partial charge in [-0.3, -0.25) is 0 Å². The van der Waals surface area contributed by atoms with E-state index in [9.17, 15) is 0 Å². The molecule has 11 heavy (non-hydrogen) atoms. The first-order chi connectivity index (χ1) is 5.29. The van der Waals surface area contributed by atoms with Crippen LogP contribution < -0.4 is 5.32 Å². The Kier molecular flexibility index (Phi) is 3.45. The summed E-state index contributed by atoms with van der Waals surface area (Å²) in [4.78, 5) is 0. The molecule has 3 nitrogen and oxygen atoms in total. The van der Waals surface area contributed by atoms with Gasteiger partial charge in [0.15, 0.2) is 0 Å². The summed E-state index contributed by atoms with van der Waals surface area (Å²) in [5, 5.41) is 3.32. The fraction of sp³-hybridized carbons (Fsp3) is 0.714. The lowest BCUT2D eigenvalue weighted by atomic mass is 10.3. The Balaban J connectivity index is 2.14. The van der Waals surface area contributed by atoms with Crippen LogP contribution in [-0.4, -0.2) is 21.3 Å². The van der Waals surface area contributed by atoms with Gasteiger partial charge in [0.05, 0.1) is 23.6 Å². The van der Waals surface area contributed by atoms with E-state index in [0.717, 1.165) is 18.7 Å². The fourth-order valence-corrected chi connectivity index (χ4v) is 1.24. The highest BCUT2D eigenvalue weighted by molar-refractivity contribution is 6.99. The maximum atomic E-state index is 4.10. The molecule has 4 heteroatoms. The second kappa shape index (κ2) is 4.41. The molecule has 1 N–H and O–H groups in total. The molecule has 0 bridgehead atoms. The Labute approximate surface area is 71.2 Å². The number of rotatable bonds is 4. The minimum Gasteiger partial charge on any atom is -0.314 e. The molecule has 0 atom stereocenters. The molecule has 0 saturated carbocycles. The Morgan fingerprint density at radius 2 is 2.45 bits per heavy atom. The molecule has 1 aromatic heterocycles. The van der Waals surface area contributed by atoms with E-state index in [2.05, 4.69) is 27.9 Å². The molecule has 1 rings (SSSR count). The van der Waals surface area contributed by atoms with Crippen molar-refractivity contribution in [3.05, 3.63) is 11.9 Å². The van der Waals surface area contributed by atoms with E-state index in [1.54, 1.807) is 0 Å². The van der Waals surface area contributed by atoms with Crippen LogP contribution in [0.1, 0.15) is 19.5 Å². The predicted molar refractivity (Wildman–Crippen MR) is 46.8 cm³/mol. The summed E-state index contributed by atoms with van der Waals surface area (Å²) in [6, 6.07) is 0.557. The summed E-state index contributed by atoms with van der Waals surface area (Å²) in [6.45, 7) is 5.27. The van der Waals surface area contributed by atoms with Crippen LogP contribution in [0.25, 0.3) is 0 Å². The van der Waals surface area contributed by atoms with Gasteiger partial charge in [-0.1, -0.05) is 13.8 Å². The van der Waals surface area contributed by atoms with Crippen molar-refractivity contribution >= 4 is 11.7 Å². The topological polar surface area (TPSA) is 37.8 Å². The average molecular weight is 171 g/mol. The molecular weight excluding hydrogens is 158 g/mol. The van der Waals surface area contributed by atoms with Crippen molar-refractivity contribution in [1.29, 1.82) is 0 Å². The third-order valence-electron chi connectivity index (χ3n) is 1.34. The van der Waals surface area contributed by atoms with Crippen LogP contribution in [0.5, 0.6) is 0 Å². The highest BCUT2D eigenvalue weighted by Gasteiger charge is 1.96. The van der Waals surface area contributed by atoms with Crippen molar-refractivity contribution in [2.45, 2.75) is 26.3 Å². The van der Waals surface area contributed by atoms with Gasteiger partial charge in [0.25, 0.3) is 0 Å². The van der Waals surface area contributed by atoms with Crippen LogP contribution in [0.4, 0.5) is 0 Å². The fourth-order valence-electron chi connectivity index (χ4n) is 0.783. The van der Waals surface area contributed by atoms with Crippen molar-refractivity contribution in [3.63, 3.8) is 0 Å². The zero-order chi connectivity index (χ0) is 8.10. The van der Waals surface area contributed by atoms with Gasteiger partial charge in [-0.2, -0.15) is 8.75 Å². The van der Waals surface area contributed by atoms with Gasteiger partial charge in [-0.15, -0.1) is 0 Å². The third-order valence-corrected chi connectivity index (χ3v) is 1.86. The highest BCUT2D eigenvalue weighted by atomic mass is 32.1. The molecule has 0 saturated heterocycles. The molecule has 0 fully saturated rings. The van der Waals surface area contributed by atoms with E-state index in [0.29, 0.717) is 6.04 Å². The zero-order valence-electron chi connectivity index (χ0n) is 6.87. The van der Waals surface area contributed by atoms with E-state index in [1.807, 2.05) is 6.20 Å². The molecule has 0 aliphatic carbocycles. The maximum absolute atomic E-state index is 4.10. The lowest BCUT2D eigenvalue weighted by Crippen LogP contribution is -2.24. The monoisotopic (exact) mass is 171 g/mol. The van der Waals surface area contributed by atoms with Crippen LogP contribution in [-0.2, 0) is 6.42 Å². The molecular formula is C7H13N3S. The van der Waals surface area contributed by atoms with Gasteiger partial charge in [0.2, 0.25) is 0 Å². The summed E-state index contributed by atoms with van der Waals surface area (Å²) in [5.41, 5.74) is 1.09. The normalized spacial score (nSPS) is 10.8. The maximum Gasteiger partial charge on any atom is 0.0755 e. The molecule has 0 aliphatic heterocycles. The largest absolute Gasteiger partial charge is 0.314 e. The van der Waals surface area contributed by atoms with Crippen LogP contribution >= 0.6 is 11.7 Å². The second-order valence-corrected chi connectivity index (χ2v) is 3.31. The molecule has 0 aromatic carbocycles. The van der Waals surface area contributed by atoms with E-state index < -0.39 is 0 Å². The van der Waals surface area contributed by atoms with Crippen LogP contribution in [0.2, 0.25) is 0 Å². The van der Waals surface area contributed by atoms with E-state index >= 15 is 0 Å². The van der Waals surface area contributed by atoms with E-state index in [1.165, 1.54) is 11.7 Å². The SMILES string of the molecule is CC(C)NCCc1cnsn1. The number of hydrogen-bond acceptors (Lipinski definition) is 4. The van der Waals surface area contributed by atoms with E-state index in [-0.39, 0.29) is 0 Å². The van der Waals surface area contributed by atoms with Crippen LogP contribution in [0, 0.1) is 0 Å². The number of aromatic nitrogens is 2. The van der Waals surface area contributed by atoms with Crippen molar-refractivity contribution in [3.8, 4) is 0 Å². The third kappa shape index (κ3) is 3.43. The minimum atomic E-state index is 0.557. The Hall–Kier alpha value is -0.480. The first-order valence-electron chi connectivity index (χ1n) is 3.79. The van der Waals surface area contributed by atoms with E-state index in [4.69, 9.17) is 0 Å². The lowest BCUT2D eigenvalue weighted by molar-refractivity contribution is 0.588. The molecule has 0 aliphatic rings. The zero-order valence-corrected chi connectivity index (χ0v) is 7.69. The smallest absolute Gasteiger partial charge is 0.0755 e.